The molecule has 6 heteroatoms. The van der Waals surface area contributed by atoms with Gasteiger partial charge < -0.3 is 4.84 Å². The maximum Gasteiger partial charge on any atom is 0.141 e. The fraction of sp³-hybridized carbons (Fsp3) is 0.417. The van der Waals surface area contributed by atoms with E-state index in [1.54, 1.807) is 24.3 Å². The van der Waals surface area contributed by atoms with Crippen molar-refractivity contribution in [3.63, 3.8) is 0 Å². The highest BCUT2D eigenvalue weighted by Gasteiger charge is 2.04. The Balaban J connectivity index is 2.67. The molecule has 1 rings (SSSR count). The molecule has 4 nitrogen and oxygen atoms in total. The molecule has 0 aliphatic carbocycles. The summed E-state index contributed by atoms with van der Waals surface area (Å²) in [4.78, 5) is 4.73. The van der Waals surface area contributed by atoms with Gasteiger partial charge in [0.15, 0.2) is 0 Å². The Labute approximate surface area is 111 Å². The van der Waals surface area contributed by atoms with Crippen molar-refractivity contribution in [3.8, 4) is 0 Å². The van der Waals surface area contributed by atoms with Gasteiger partial charge in [-0.1, -0.05) is 17.7 Å². The molecular formula is C12H17ClFN3O. The van der Waals surface area contributed by atoms with E-state index >= 15 is 0 Å². The van der Waals surface area contributed by atoms with E-state index in [-0.39, 0.29) is 5.02 Å². The Morgan fingerprint density at radius 1 is 1.56 bits per heavy atom. The van der Waals surface area contributed by atoms with Crippen LogP contribution in [-0.2, 0) is 4.84 Å². The lowest BCUT2D eigenvalue weighted by Crippen LogP contribution is -2.26. The molecule has 0 unspecified atom stereocenters. The van der Waals surface area contributed by atoms with Crippen molar-refractivity contribution < 1.29 is 9.23 Å². The fourth-order valence-corrected chi connectivity index (χ4v) is 1.58. The summed E-state index contributed by atoms with van der Waals surface area (Å²) in [5, 5.41) is 6.24. The van der Waals surface area contributed by atoms with Gasteiger partial charge in [-0.2, -0.15) is 5.10 Å². The summed E-state index contributed by atoms with van der Waals surface area (Å²) in [5.74, 6) is -0.425. The molecule has 0 spiro atoms. The maximum atomic E-state index is 13.0. The number of hydrogen-bond acceptors (Lipinski definition) is 4. The summed E-state index contributed by atoms with van der Waals surface area (Å²) < 4.78 is 13.0. The quantitative estimate of drug-likeness (QED) is 0.491. The van der Waals surface area contributed by atoms with Gasteiger partial charge in [0.25, 0.3) is 0 Å². The van der Waals surface area contributed by atoms with Gasteiger partial charge in [-0.25, -0.2) is 9.87 Å². The summed E-state index contributed by atoms with van der Waals surface area (Å²) in [6.07, 6.45) is 0. The first-order valence-corrected chi connectivity index (χ1v) is 5.90. The summed E-state index contributed by atoms with van der Waals surface area (Å²) in [7, 11) is 3.42. The standard InChI is InChI=1S/C12H17ClFN3O/c1-9(16-17(2)7-6-15-18-3)10-4-5-12(14)11(13)8-10/h4-5,8,15H,6-7H2,1-3H3/b16-9+. The van der Waals surface area contributed by atoms with Crippen LogP contribution >= 0.6 is 11.6 Å². The third-order valence-electron chi connectivity index (χ3n) is 2.34. The molecule has 0 aromatic heterocycles. The first-order chi connectivity index (χ1) is 8.54. The van der Waals surface area contributed by atoms with Gasteiger partial charge in [-0.3, -0.25) is 5.01 Å². The highest BCUT2D eigenvalue weighted by atomic mass is 35.5. The van der Waals surface area contributed by atoms with Crippen LogP contribution in [0.2, 0.25) is 5.02 Å². The molecule has 0 atom stereocenters. The van der Waals surface area contributed by atoms with Gasteiger partial charge in [0.05, 0.1) is 24.4 Å². The zero-order chi connectivity index (χ0) is 13.5. The normalized spacial score (nSPS) is 11.7. The molecule has 1 aromatic carbocycles. The molecule has 0 fully saturated rings. The number of likely N-dealkylation sites (N-methyl/N-ethyl adjacent to an activating group) is 1. The van der Waals surface area contributed by atoms with Crippen LogP contribution in [0.25, 0.3) is 0 Å². The zero-order valence-electron chi connectivity index (χ0n) is 10.7. The Bertz CT molecular complexity index is 426. The lowest BCUT2D eigenvalue weighted by molar-refractivity contribution is 0.0852. The van der Waals surface area contributed by atoms with Crippen LogP contribution in [0.3, 0.4) is 0 Å². The van der Waals surface area contributed by atoms with Crippen molar-refractivity contribution in [2.75, 3.05) is 27.2 Å². The van der Waals surface area contributed by atoms with Crippen LogP contribution in [0.5, 0.6) is 0 Å². The second kappa shape index (κ2) is 7.31. The highest BCUT2D eigenvalue weighted by molar-refractivity contribution is 6.31. The van der Waals surface area contributed by atoms with Gasteiger partial charge in [-0.15, -0.1) is 0 Å². The van der Waals surface area contributed by atoms with Crippen molar-refractivity contribution in [1.29, 1.82) is 0 Å². The Morgan fingerprint density at radius 2 is 2.28 bits per heavy atom. The van der Waals surface area contributed by atoms with Gasteiger partial charge >= 0.3 is 0 Å². The van der Waals surface area contributed by atoms with Crippen LogP contribution in [0.15, 0.2) is 23.3 Å². The molecule has 100 valence electrons. The number of hydroxylamine groups is 1. The molecule has 0 heterocycles. The summed E-state index contributed by atoms with van der Waals surface area (Å²) in [5.41, 5.74) is 4.30. The molecule has 0 saturated carbocycles. The van der Waals surface area contributed by atoms with Crippen LogP contribution in [-0.4, -0.2) is 38.0 Å². The molecule has 0 amide bonds. The molecule has 0 saturated heterocycles. The van der Waals surface area contributed by atoms with Crippen molar-refractivity contribution in [1.82, 2.24) is 10.5 Å². The summed E-state index contributed by atoms with van der Waals surface area (Å²) in [6.45, 7) is 3.21. The van der Waals surface area contributed by atoms with Crippen LogP contribution in [0.1, 0.15) is 12.5 Å². The molecule has 0 radical (unpaired) electrons. The number of rotatable bonds is 6. The number of nitrogens with zero attached hydrogens (tertiary/aromatic N) is 2. The van der Waals surface area contributed by atoms with Crippen LogP contribution in [0, 0.1) is 5.82 Å². The predicted octanol–water partition coefficient (Wildman–Crippen LogP) is 2.29. The molecule has 1 N–H and O–H groups in total. The minimum Gasteiger partial charge on any atom is -0.305 e. The van der Waals surface area contributed by atoms with E-state index in [9.17, 15) is 4.39 Å². The Morgan fingerprint density at radius 3 is 2.89 bits per heavy atom. The number of hydrogen-bond donors (Lipinski definition) is 1. The molecular weight excluding hydrogens is 257 g/mol. The average Bonchev–Trinajstić information content (AvgIpc) is 2.33. The van der Waals surface area contributed by atoms with E-state index in [1.807, 2.05) is 14.0 Å². The van der Waals surface area contributed by atoms with Crippen molar-refractivity contribution in [2.45, 2.75) is 6.92 Å². The fourth-order valence-electron chi connectivity index (χ4n) is 1.39. The Hall–Kier alpha value is -1.17. The molecule has 0 bridgehead atoms. The second-order valence-corrected chi connectivity index (χ2v) is 4.20. The molecule has 1 aromatic rings. The van der Waals surface area contributed by atoms with E-state index in [1.165, 1.54) is 6.07 Å². The topological polar surface area (TPSA) is 36.9 Å². The van der Waals surface area contributed by atoms with E-state index in [4.69, 9.17) is 16.4 Å². The van der Waals surface area contributed by atoms with E-state index in [0.29, 0.717) is 13.1 Å². The lowest BCUT2D eigenvalue weighted by Gasteiger charge is -2.14. The molecule has 0 aliphatic heterocycles. The minimum atomic E-state index is -0.425. The van der Waals surface area contributed by atoms with Crippen LogP contribution in [0.4, 0.5) is 4.39 Å². The third-order valence-corrected chi connectivity index (χ3v) is 2.63. The maximum absolute atomic E-state index is 13.0. The van der Waals surface area contributed by atoms with E-state index in [2.05, 4.69) is 10.6 Å². The second-order valence-electron chi connectivity index (χ2n) is 3.79. The first-order valence-electron chi connectivity index (χ1n) is 5.52. The number of benzene rings is 1. The van der Waals surface area contributed by atoms with Crippen molar-refractivity contribution >= 4 is 17.3 Å². The summed E-state index contributed by atoms with van der Waals surface area (Å²) >= 11 is 5.73. The van der Waals surface area contributed by atoms with Crippen molar-refractivity contribution in [2.24, 2.45) is 5.10 Å². The smallest absolute Gasteiger partial charge is 0.141 e. The number of hydrazone groups is 1. The van der Waals surface area contributed by atoms with E-state index < -0.39 is 5.82 Å². The summed E-state index contributed by atoms with van der Waals surface area (Å²) in [6, 6.07) is 4.56. The molecule has 18 heavy (non-hydrogen) atoms. The number of halogens is 2. The third kappa shape index (κ3) is 4.60. The van der Waals surface area contributed by atoms with Gasteiger partial charge in [0, 0.05) is 13.6 Å². The van der Waals surface area contributed by atoms with Crippen LogP contribution < -0.4 is 5.48 Å². The monoisotopic (exact) mass is 273 g/mol. The zero-order valence-corrected chi connectivity index (χ0v) is 11.5. The minimum absolute atomic E-state index is 0.103. The van der Waals surface area contributed by atoms with Gasteiger partial charge in [0.1, 0.15) is 5.82 Å². The van der Waals surface area contributed by atoms with Gasteiger partial charge in [0.2, 0.25) is 0 Å². The van der Waals surface area contributed by atoms with Crippen molar-refractivity contribution in [3.05, 3.63) is 34.6 Å². The first kappa shape index (κ1) is 14.9. The Kier molecular flexibility index (Phi) is 6.04. The largest absolute Gasteiger partial charge is 0.305 e. The SMILES string of the molecule is CONCCN(C)/N=C(\C)c1ccc(F)c(Cl)c1. The van der Waals surface area contributed by atoms with E-state index in [0.717, 1.165) is 11.3 Å². The predicted molar refractivity (Wildman–Crippen MR) is 71.3 cm³/mol. The van der Waals surface area contributed by atoms with Gasteiger partial charge in [-0.05, 0) is 24.6 Å². The molecule has 0 aliphatic rings. The lowest BCUT2D eigenvalue weighted by atomic mass is 10.1. The number of nitrogens with one attached hydrogen (secondary N) is 1. The highest BCUT2D eigenvalue weighted by Crippen LogP contribution is 2.16. The average molecular weight is 274 g/mol.